The number of allylic oxidation sites excluding steroid dienone is 6. The summed E-state index contributed by atoms with van der Waals surface area (Å²) in [6.45, 7) is 4.66. The summed E-state index contributed by atoms with van der Waals surface area (Å²) in [4.78, 5) is 19.0. The molecular weight excluding hydrogens is 304 g/mol. The van der Waals surface area contributed by atoms with Gasteiger partial charge in [0.1, 0.15) is 6.67 Å². The van der Waals surface area contributed by atoms with Gasteiger partial charge in [0.15, 0.2) is 5.78 Å². The quantitative estimate of drug-likeness (QED) is 0.356. The lowest BCUT2D eigenvalue weighted by atomic mass is 9.83. The van der Waals surface area contributed by atoms with E-state index in [0.717, 1.165) is 36.2 Å². The van der Waals surface area contributed by atoms with Crippen molar-refractivity contribution >= 4 is 23.2 Å². The molecule has 0 spiro atoms. The van der Waals surface area contributed by atoms with Crippen LogP contribution in [0.25, 0.3) is 0 Å². The van der Waals surface area contributed by atoms with Gasteiger partial charge in [-0.25, -0.2) is 4.99 Å². The minimum absolute atomic E-state index is 0.0517. The van der Waals surface area contributed by atoms with Crippen molar-refractivity contribution in [1.29, 1.82) is 0 Å². The molecule has 0 aromatic carbocycles. The monoisotopic (exact) mass is 330 g/mol. The highest BCUT2D eigenvalue weighted by Gasteiger charge is 2.35. The smallest absolute Gasteiger partial charge is 0.169 e. The number of carbonyl (C=O) groups excluding carboxylic acids is 1. The highest BCUT2D eigenvalue weighted by Crippen LogP contribution is 2.37. The molecule has 0 N–H and O–H groups in total. The second kappa shape index (κ2) is 8.95. The fraction of sp³-hybridized carbons (Fsp3) is 0.579. The van der Waals surface area contributed by atoms with Crippen molar-refractivity contribution in [3.05, 3.63) is 35.2 Å². The molecule has 0 saturated carbocycles. The van der Waals surface area contributed by atoms with Crippen LogP contribution >= 0.6 is 12.2 Å². The molecule has 4 heteroatoms. The van der Waals surface area contributed by atoms with Gasteiger partial charge in [-0.15, -0.1) is 0 Å². The lowest BCUT2D eigenvalue weighted by molar-refractivity contribution is -0.119. The molecule has 0 amide bonds. The van der Waals surface area contributed by atoms with Crippen LogP contribution in [0.4, 0.5) is 0 Å². The minimum atomic E-state index is -0.0517. The molecule has 0 aromatic rings. The molecule has 2 aliphatic rings. The SMILES string of the molecule is CCCCCCCC1=C(C)C(=O)C2CC=CC=C2N1CN=C=S. The number of hydrogen-bond acceptors (Lipinski definition) is 4. The third-order valence-electron chi connectivity index (χ3n) is 4.68. The summed E-state index contributed by atoms with van der Waals surface area (Å²) in [6.07, 6.45) is 14.0. The van der Waals surface area contributed by atoms with E-state index in [1.165, 1.54) is 25.7 Å². The number of nitrogens with zero attached hydrogens (tertiary/aromatic N) is 2. The first kappa shape index (κ1) is 17.8. The van der Waals surface area contributed by atoms with E-state index in [1.54, 1.807) is 0 Å². The maximum Gasteiger partial charge on any atom is 0.169 e. The van der Waals surface area contributed by atoms with E-state index in [1.807, 2.05) is 13.0 Å². The summed E-state index contributed by atoms with van der Waals surface area (Å²) in [7, 11) is 0. The molecule has 0 bridgehead atoms. The maximum absolute atomic E-state index is 12.7. The topological polar surface area (TPSA) is 32.7 Å². The number of isothiocyanates is 1. The van der Waals surface area contributed by atoms with Crippen molar-refractivity contribution in [2.75, 3.05) is 6.67 Å². The summed E-state index contributed by atoms with van der Waals surface area (Å²) in [5.74, 6) is 0.218. The molecule has 2 rings (SSSR count). The molecule has 3 nitrogen and oxygen atoms in total. The van der Waals surface area contributed by atoms with Crippen molar-refractivity contribution in [3.63, 3.8) is 0 Å². The van der Waals surface area contributed by atoms with Gasteiger partial charge in [0.2, 0.25) is 0 Å². The largest absolute Gasteiger partial charge is 0.327 e. The molecular formula is C19H26N2OS. The van der Waals surface area contributed by atoms with E-state index in [4.69, 9.17) is 12.2 Å². The van der Waals surface area contributed by atoms with Crippen LogP contribution in [0.5, 0.6) is 0 Å². The molecule has 1 heterocycles. The highest BCUT2D eigenvalue weighted by atomic mass is 32.1. The second-order valence-electron chi connectivity index (χ2n) is 6.23. The number of hydrogen-bond donors (Lipinski definition) is 0. The molecule has 1 unspecified atom stereocenters. The van der Waals surface area contributed by atoms with Crippen LogP contribution in [-0.4, -0.2) is 22.5 Å². The van der Waals surface area contributed by atoms with Crippen LogP contribution < -0.4 is 0 Å². The third kappa shape index (κ3) is 4.27. The molecule has 0 saturated heterocycles. The van der Waals surface area contributed by atoms with Crippen LogP contribution in [0.15, 0.2) is 40.2 Å². The Kier molecular flexibility index (Phi) is 6.94. The molecule has 23 heavy (non-hydrogen) atoms. The van der Waals surface area contributed by atoms with Gasteiger partial charge in [-0.2, -0.15) is 0 Å². The van der Waals surface area contributed by atoms with Gasteiger partial charge in [0.05, 0.1) is 11.1 Å². The number of thiocarbonyl (C=S) groups is 1. The number of aliphatic imine (C=N–C) groups is 1. The normalized spacial score (nSPS) is 20.3. The van der Waals surface area contributed by atoms with Crippen LogP contribution in [0.3, 0.4) is 0 Å². The maximum atomic E-state index is 12.7. The lowest BCUT2D eigenvalue weighted by Gasteiger charge is -2.38. The van der Waals surface area contributed by atoms with Crippen molar-refractivity contribution < 1.29 is 4.79 Å². The average Bonchev–Trinajstić information content (AvgIpc) is 2.58. The van der Waals surface area contributed by atoms with Gasteiger partial charge < -0.3 is 4.90 Å². The standard InChI is InChI=1S/C19H26N2OS/c1-3-4-5-6-7-11-17-15(2)19(22)16-10-8-9-12-18(16)21(17)13-20-14-23/h8-9,12,16H,3-7,10-11,13H2,1-2H3. The van der Waals surface area contributed by atoms with Crippen LogP contribution in [-0.2, 0) is 4.79 Å². The van der Waals surface area contributed by atoms with E-state index in [0.29, 0.717) is 6.67 Å². The molecule has 1 aliphatic heterocycles. The summed E-state index contributed by atoms with van der Waals surface area (Å²) < 4.78 is 0. The first-order valence-corrected chi connectivity index (χ1v) is 9.03. The number of fused-ring (bicyclic) bond motifs is 1. The van der Waals surface area contributed by atoms with Gasteiger partial charge in [0, 0.05) is 17.0 Å². The Balaban J connectivity index is 2.19. The fourth-order valence-electron chi connectivity index (χ4n) is 3.38. The van der Waals surface area contributed by atoms with Crippen LogP contribution in [0, 0.1) is 5.92 Å². The minimum Gasteiger partial charge on any atom is -0.327 e. The third-order valence-corrected chi connectivity index (χ3v) is 4.81. The summed E-state index contributed by atoms with van der Waals surface area (Å²) in [5, 5.41) is 2.46. The Bertz CT molecular complexity index is 582. The molecule has 124 valence electrons. The fourth-order valence-corrected chi connectivity index (χ4v) is 3.44. The van der Waals surface area contributed by atoms with Gasteiger partial charge in [-0.3, -0.25) is 4.79 Å². The van der Waals surface area contributed by atoms with Crippen molar-refractivity contribution in [2.24, 2.45) is 10.9 Å². The summed E-state index contributed by atoms with van der Waals surface area (Å²) in [6, 6.07) is 0. The summed E-state index contributed by atoms with van der Waals surface area (Å²) >= 11 is 4.73. The molecule has 0 aromatic heterocycles. The zero-order valence-electron chi connectivity index (χ0n) is 14.2. The van der Waals surface area contributed by atoms with E-state index < -0.39 is 0 Å². The Morgan fingerprint density at radius 3 is 2.87 bits per heavy atom. The predicted octanol–water partition coefficient (Wildman–Crippen LogP) is 5.03. The number of carbonyl (C=O) groups is 1. The van der Waals surface area contributed by atoms with Crippen LogP contribution in [0.2, 0.25) is 0 Å². The Morgan fingerprint density at radius 1 is 1.35 bits per heavy atom. The van der Waals surface area contributed by atoms with Crippen molar-refractivity contribution in [1.82, 2.24) is 4.90 Å². The zero-order valence-corrected chi connectivity index (χ0v) is 15.0. The molecule has 1 aliphatic carbocycles. The molecule has 0 radical (unpaired) electrons. The lowest BCUT2D eigenvalue weighted by Crippen LogP contribution is -2.38. The van der Waals surface area contributed by atoms with E-state index >= 15 is 0 Å². The van der Waals surface area contributed by atoms with E-state index in [9.17, 15) is 4.79 Å². The Morgan fingerprint density at radius 2 is 2.13 bits per heavy atom. The first-order valence-electron chi connectivity index (χ1n) is 8.62. The summed E-state index contributed by atoms with van der Waals surface area (Å²) in [5.41, 5.74) is 3.09. The molecule has 0 fully saturated rings. The van der Waals surface area contributed by atoms with Crippen LogP contribution in [0.1, 0.15) is 58.8 Å². The highest BCUT2D eigenvalue weighted by molar-refractivity contribution is 7.78. The number of ketones is 1. The van der Waals surface area contributed by atoms with Gasteiger partial charge in [-0.1, -0.05) is 44.8 Å². The average molecular weight is 330 g/mol. The molecule has 1 atom stereocenters. The zero-order chi connectivity index (χ0) is 16.7. The van der Waals surface area contributed by atoms with Gasteiger partial charge in [-0.05, 0) is 44.5 Å². The van der Waals surface area contributed by atoms with E-state index in [-0.39, 0.29) is 11.7 Å². The van der Waals surface area contributed by atoms with Gasteiger partial charge in [0.25, 0.3) is 0 Å². The number of rotatable bonds is 8. The Labute approximate surface area is 144 Å². The Hall–Kier alpha value is -1.51. The second-order valence-corrected chi connectivity index (χ2v) is 6.41. The van der Waals surface area contributed by atoms with E-state index in [2.05, 4.69) is 34.1 Å². The number of unbranched alkanes of at least 4 members (excludes halogenated alkanes) is 4. The number of Topliss-reactive ketones (excluding diaryl/α,β-unsaturated/α-hetero) is 1. The van der Waals surface area contributed by atoms with Crippen molar-refractivity contribution in [2.45, 2.75) is 58.8 Å². The first-order chi connectivity index (χ1) is 11.2. The van der Waals surface area contributed by atoms with Crippen molar-refractivity contribution in [3.8, 4) is 0 Å². The van der Waals surface area contributed by atoms with Gasteiger partial charge >= 0.3 is 0 Å². The predicted molar refractivity (Wildman–Crippen MR) is 98.1 cm³/mol.